The van der Waals surface area contributed by atoms with E-state index < -0.39 is 0 Å². The summed E-state index contributed by atoms with van der Waals surface area (Å²) in [5.74, 6) is -0.495. The average Bonchev–Trinajstić information content (AvgIpc) is 2.43. The van der Waals surface area contributed by atoms with Gasteiger partial charge in [0.2, 0.25) is 11.8 Å². The maximum atomic E-state index is 12.0. The number of hydrogen-bond acceptors (Lipinski definition) is 3. The Hall–Kier alpha value is -1.30. The molecule has 0 saturated carbocycles. The van der Waals surface area contributed by atoms with Gasteiger partial charge in [-0.25, -0.2) is 0 Å². The van der Waals surface area contributed by atoms with Gasteiger partial charge in [-0.1, -0.05) is 29.3 Å². The lowest BCUT2D eigenvalue weighted by molar-refractivity contribution is -0.132. The Morgan fingerprint density at radius 2 is 2.05 bits per heavy atom. The summed E-state index contributed by atoms with van der Waals surface area (Å²) in [4.78, 5) is 24.9. The Balaban J connectivity index is 2.61. The number of nitrogens with zero attached hydrogens (tertiary/aromatic N) is 1. The van der Waals surface area contributed by atoms with E-state index in [1.54, 1.807) is 25.3 Å². The third kappa shape index (κ3) is 5.91. The summed E-state index contributed by atoms with van der Waals surface area (Å²) >= 11 is 11.9. The van der Waals surface area contributed by atoms with E-state index in [4.69, 9.17) is 27.9 Å². The number of rotatable bonds is 7. The van der Waals surface area contributed by atoms with Crippen LogP contribution < -0.4 is 5.32 Å². The molecule has 7 heteroatoms. The first kappa shape index (κ1) is 17.8. The lowest BCUT2D eigenvalue weighted by Crippen LogP contribution is -2.37. The molecule has 1 rings (SSSR count). The van der Waals surface area contributed by atoms with Crippen LogP contribution >= 0.6 is 23.2 Å². The number of ether oxygens (including phenoxy) is 1. The van der Waals surface area contributed by atoms with Gasteiger partial charge in [-0.3, -0.25) is 9.59 Å². The van der Waals surface area contributed by atoms with E-state index in [-0.39, 0.29) is 23.4 Å². The van der Waals surface area contributed by atoms with Gasteiger partial charge in [-0.05, 0) is 18.6 Å². The first-order valence-electron chi connectivity index (χ1n) is 6.44. The van der Waals surface area contributed by atoms with Crippen molar-refractivity contribution < 1.29 is 14.3 Å². The summed E-state index contributed by atoms with van der Waals surface area (Å²) in [6.07, 6.45) is 0.668. The Labute approximate surface area is 134 Å². The minimum absolute atomic E-state index is 0.0398. The molecule has 1 aromatic carbocycles. The lowest BCUT2D eigenvalue weighted by Gasteiger charge is -2.20. The van der Waals surface area contributed by atoms with E-state index in [1.165, 1.54) is 11.8 Å². The van der Waals surface area contributed by atoms with Crippen LogP contribution in [0.3, 0.4) is 0 Å². The fourth-order valence-electron chi connectivity index (χ4n) is 1.71. The van der Waals surface area contributed by atoms with Crippen LogP contribution in [0.2, 0.25) is 10.0 Å². The van der Waals surface area contributed by atoms with E-state index in [2.05, 4.69) is 5.32 Å². The molecule has 5 nitrogen and oxygen atoms in total. The predicted molar refractivity (Wildman–Crippen MR) is 83.8 cm³/mol. The lowest BCUT2D eigenvalue weighted by atomic mass is 10.3. The van der Waals surface area contributed by atoms with E-state index in [1.807, 2.05) is 0 Å². The van der Waals surface area contributed by atoms with E-state index in [0.29, 0.717) is 30.3 Å². The molecule has 0 aliphatic carbocycles. The molecule has 0 aliphatic heterocycles. The number of carbonyl (C=O) groups is 2. The Kier molecular flexibility index (Phi) is 7.50. The quantitative estimate of drug-likeness (QED) is 0.781. The minimum atomic E-state index is -0.327. The number of carbonyl (C=O) groups excluding carboxylic acids is 2. The molecular formula is C14H18Cl2N2O3. The molecule has 21 heavy (non-hydrogen) atoms. The number of hydrogen-bond donors (Lipinski definition) is 1. The zero-order chi connectivity index (χ0) is 15.8. The summed E-state index contributed by atoms with van der Waals surface area (Å²) in [7, 11) is 1.59. The summed E-state index contributed by atoms with van der Waals surface area (Å²) in [6, 6.07) is 4.96. The van der Waals surface area contributed by atoms with Crippen molar-refractivity contribution in [2.45, 2.75) is 13.3 Å². The number of halogens is 2. The van der Waals surface area contributed by atoms with Crippen LogP contribution in [0, 0.1) is 0 Å². The summed E-state index contributed by atoms with van der Waals surface area (Å²) in [6.45, 7) is 2.37. The number of amides is 2. The summed E-state index contributed by atoms with van der Waals surface area (Å²) < 4.78 is 4.93. The first-order chi connectivity index (χ1) is 9.95. The Morgan fingerprint density at radius 3 is 2.67 bits per heavy atom. The molecular weight excluding hydrogens is 315 g/mol. The smallest absolute Gasteiger partial charge is 0.244 e. The van der Waals surface area contributed by atoms with Gasteiger partial charge in [0.05, 0.1) is 22.3 Å². The predicted octanol–water partition coefficient (Wildman–Crippen LogP) is 2.82. The van der Waals surface area contributed by atoms with Gasteiger partial charge < -0.3 is 15.0 Å². The van der Waals surface area contributed by atoms with Gasteiger partial charge in [-0.15, -0.1) is 0 Å². The van der Waals surface area contributed by atoms with Crippen molar-refractivity contribution in [1.29, 1.82) is 0 Å². The molecule has 0 fully saturated rings. The van der Waals surface area contributed by atoms with Gasteiger partial charge in [0.1, 0.15) is 0 Å². The van der Waals surface area contributed by atoms with Crippen molar-refractivity contribution in [3.05, 3.63) is 28.2 Å². The highest BCUT2D eigenvalue weighted by molar-refractivity contribution is 6.44. The van der Waals surface area contributed by atoms with Crippen molar-refractivity contribution in [3.63, 3.8) is 0 Å². The molecule has 0 radical (unpaired) electrons. The van der Waals surface area contributed by atoms with Gasteiger partial charge in [-0.2, -0.15) is 0 Å². The maximum Gasteiger partial charge on any atom is 0.244 e. The number of nitrogens with one attached hydrogen (secondary N) is 1. The Bertz CT molecular complexity index is 509. The highest BCUT2D eigenvalue weighted by Crippen LogP contribution is 2.29. The topological polar surface area (TPSA) is 58.6 Å². The molecule has 0 spiro atoms. The van der Waals surface area contributed by atoms with Crippen LogP contribution in [-0.4, -0.2) is 43.5 Å². The van der Waals surface area contributed by atoms with E-state index >= 15 is 0 Å². The standard InChI is InChI=1S/C14H18Cl2N2O3/c1-10(19)18(7-4-8-21-2)9-13(20)17-12-6-3-5-11(15)14(12)16/h3,5-6H,4,7-9H2,1-2H3,(H,17,20). The third-order valence-corrected chi connectivity index (χ3v) is 3.60. The van der Waals surface area contributed by atoms with Crippen molar-refractivity contribution in [2.75, 3.05) is 32.1 Å². The van der Waals surface area contributed by atoms with Crippen LogP contribution in [0.25, 0.3) is 0 Å². The largest absolute Gasteiger partial charge is 0.385 e. The van der Waals surface area contributed by atoms with Crippen LogP contribution in [0.5, 0.6) is 0 Å². The highest BCUT2D eigenvalue weighted by atomic mass is 35.5. The summed E-state index contributed by atoms with van der Waals surface area (Å²) in [5, 5.41) is 3.28. The molecule has 0 heterocycles. The fourth-order valence-corrected chi connectivity index (χ4v) is 2.06. The molecule has 0 atom stereocenters. The molecule has 0 saturated heterocycles. The monoisotopic (exact) mass is 332 g/mol. The molecule has 1 N–H and O–H groups in total. The zero-order valence-electron chi connectivity index (χ0n) is 12.0. The van der Waals surface area contributed by atoms with E-state index in [0.717, 1.165) is 0 Å². The van der Waals surface area contributed by atoms with Crippen LogP contribution in [0.4, 0.5) is 5.69 Å². The van der Waals surface area contributed by atoms with Crippen molar-refractivity contribution in [3.8, 4) is 0 Å². The van der Waals surface area contributed by atoms with Crippen molar-refractivity contribution in [1.82, 2.24) is 4.90 Å². The van der Waals surface area contributed by atoms with Crippen molar-refractivity contribution in [2.24, 2.45) is 0 Å². The van der Waals surface area contributed by atoms with Gasteiger partial charge >= 0.3 is 0 Å². The first-order valence-corrected chi connectivity index (χ1v) is 7.19. The second kappa shape index (κ2) is 8.87. The van der Waals surface area contributed by atoms with Crippen LogP contribution in [0.1, 0.15) is 13.3 Å². The van der Waals surface area contributed by atoms with Gasteiger partial charge in [0.15, 0.2) is 0 Å². The number of benzene rings is 1. The average molecular weight is 333 g/mol. The number of methoxy groups -OCH3 is 1. The molecule has 1 aromatic rings. The van der Waals surface area contributed by atoms with Crippen molar-refractivity contribution >= 4 is 40.7 Å². The second-order valence-electron chi connectivity index (χ2n) is 4.44. The maximum absolute atomic E-state index is 12.0. The van der Waals surface area contributed by atoms with Crippen LogP contribution in [-0.2, 0) is 14.3 Å². The molecule has 0 aromatic heterocycles. The molecule has 0 unspecified atom stereocenters. The zero-order valence-corrected chi connectivity index (χ0v) is 13.5. The summed E-state index contributed by atoms with van der Waals surface area (Å²) in [5.41, 5.74) is 0.426. The Morgan fingerprint density at radius 1 is 1.33 bits per heavy atom. The molecule has 116 valence electrons. The highest BCUT2D eigenvalue weighted by Gasteiger charge is 2.14. The number of anilines is 1. The molecule has 2 amide bonds. The molecule has 0 aliphatic rings. The van der Waals surface area contributed by atoms with E-state index in [9.17, 15) is 9.59 Å². The minimum Gasteiger partial charge on any atom is -0.385 e. The van der Waals surface area contributed by atoms with Gasteiger partial charge in [0.25, 0.3) is 0 Å². The normalized spacial score (nSPS) is 10.3. The van der Waals surface area contributed by atoms with Crippen LogP contribution in [0.15, 0.2) is 18.2 Å². The fraction of sp³-hybridized carbons (Fsp3) is 0.429. The SMILES string of the molecule is COCCCN(CC(=O)Nc1cccc(Cl)c1Cl)C(C)=O. The van der Waals surface area contributed by atoms with Gasteiger partial charge in [0, 0.05) is 27.2 Å². The molecule has 0 bridgehead atoms. The second-order valence-corrected chi connectivity index (χ2v) is 5.22. The third-order valence-electron chi connectivity index (χ3n) is 2.78.